The molecule has 2 aromatic heterocycles. The summed E-state index contributed by atoms with van der Waals surface area (Å²) in [5.74, 6) is 0.356. The SMILES string of the molecule is CCCn1ncc2c1NC(=O)CC2c1cc2cc(C)ccc2[nH]c1=O. The van der Waals surface area contributed by atoms with Gasteiger partial charge in [0.05, 0.1) is 6.20 Å². The first kappa shape index (κ1) is 15.6. The summed E-state index contributed by atoms with van der Waals surface area (Å²) in [4.78, 5) is 27.8. The molecular formula is C19H20N4O2. The summed E-state index contributed by atoms with van der Waals surface area (Å²) in [6, 6.07) is 7.83. The zero-order chi connectivity index (χ0) is 17.6. The molecule has 2 N–H and O–H groups in total. The summed E-state index contributed by atoms with van der Waals surface area (Å²) >= 11 is 0. The summed E-state index contributed by atoms with van der Waals surface area (Å²) in [5.41, 5.74) is 3.31. The van der Waals surface area contributed by atoms with Crippen LogP contribution >= 0.6 is 0 Å². The molecule has 0 bridgehead atoms. The molecule has 0 saturated heterocycles. The van der Waals surface area contributed by atoms with Gasteiger partial charge < -0.3 is 10.3 Å². The highest BCUT2D eigenvalue weighted by molar-refractivity contribution is 5.94. The number of aryl methyl sites for hydroxylation is 2. The Hall–Kier alpha value is -2.89. The molecule has 6 heteroatoms. The van der Waals surface area contributed by atoms with Crippen LogP contribution in [0.1, 0.15) is 42.4 Å². The van der Waals surface area contributed by atoms with Crippen molar-refractivity contribution in [3.05, 3.63) is 57.5 Å². The van der Waals surface area contributed by atoms with Crippen LogP contribution in [0.5, 0.6) is 0 Å². The molecule has 1 aliphatic rings. The molecule has 3 aromatic rings. The van der Waals surface area contributed by atoms with Gasteiger partial charge in [-0.3, -0.25) is 9.59 Å². The second-order valence-corrected chi connectivity index (χ2v) is 6.62. The first-order chi connectivity index (χ1) is 12.1. The van der Waals surface area contributed by atoms with Crippen LogP contribution in [0.15, 0.2) is 35.3 Å². The standard InChI is InChI=1S/C19H20N4O2/c1-3-6-23-18-15(10-20-23)13(9-17(24)22-18)14-8-12-7-11(2)4-5-16(12)21-19(14)25/h4-5,7-8,10,13H,3,6,9H2,1-2H3,(H,21,25)(H,22,24). The van der Waals surface area contributed by atoms with Crippen molar-refractivity contribution in [2.75, 3.05) is 5.32 Å². The van der Waals surface area contributed by atoms with E-state index in [0.29, 0.717) is 11.4 Å². The van der Waals surface area contributed by atoms with Gasteiger partial charge in [-0.05, 0) is 36.9 Å². The Morgan fingerprint density at radius 2 is 2.08 bits per heavy atom. The summed E-state index contributed by atoms with van der Waals surface area (Å²) < 4.78 is 1.80. The Balaban J connectivity index is 1.88. The van der Waals surface area contributed by atoms with E-state index in [-0.39, 0.29) is 23.8 Å². The number of aromatic amines is 1. The highest BCUT2D eigenvalue weighted by Crippen LogP contribution is 2.36. The van der Waals surface area contributed by atoms with Gasteiger partial charge in [-0.15, -0.1) is 0 Å². The predicted octanol–water partition coefficient (Wildman–Crippen LogP) is 2.92. The largest absolute Gasteiger partial charge is 0.322 e. The zero-order valence-electron chi connectivity index (χ0n) is 14.3. The van der Waals surface area contributed by atoms with E-state index >= 15 is 0 Å². The van der Waals surface area contributed by atoms with Crippen molar-refractivity contribution in [3.63, 3.8) is 0 Å². The van der Waals surface area contributed by atoms with Crippen molar-refractivity contribution in [2.24, 2.45) is 0 Å². The summed E-state index contributed by atoms with van der Waals surface area (Å²) in [6.07, 6.45) is 2.95. The molecule has 0 fully saturated rings. The maximum absolute atomic E-state index is 12.7. The lowest BCUT2D eigenvalue weighted by atomic mass is 9.87. The number of anilines is 1. The van der Waals surface area contributed by atoms with Gasteiger partial charge in [0, 0.05) is 35.5 Å². The third kappa shape index (κ3) is 2.63. The fourth-order valence-corrected chi connectivity index (χ4v) is 3.53. The molecule has 0 saturated carbocycles. The molecule has 6 nitrogen and oxygen atoms in total. The number of nitrogens with zero attached hydrogens (tertiary/aromatic N) is 2. The van der Waals surface area contributed by atoms with E-state index in [0.717, 1.165) is 35.0 Å². The normalized spacial score (nSPS) is 16.7. The van der Waals surface area contributed by atoms with Crippen molar-refractivity contribution >= 4 is 22.6 Å². The number of pyridine rings is 1. The predicted molar refractivity (Wildman–Crippen MR) is 96.9 cm³/mol. The number of benzene rings is 1. The van der Waals surface area contributed by atoms with E-state index in [1.165, 1.54) is 0 Å². The minimum absolute atomic E-state index is 0.0842. The molecule has 3 heterocycles. The molecular weight excluding hydrogens is 316 g/mol. The van der Waals surface area contributed by atoms with Crippen LogP contribution in [0.2, 0.25) is 0 Å². The lowest BCUT2D eigenvalue weighted by Gasteiger charge is -2.23. The number of aromatic nitrogens is 3. The van der Waals surface area contributed by atoms with Gasteiger partial charge in [0.1, 0.15) is 5.82 Å². The van der Waals surface area contributed by atoms with Gasteiger partial charge in [0.25, 0.3) is 5.56 Å². The van der Waals surface area contributed by atoms with Gasteiger partial charge in [0.2, 0.25) is 5.91 Å². The average Bonchev–Trinajstić information content (AvgIpc) is 2.97. The molecule has 1 atom stereocenters. The maximum atomic E-state index is 12.7. The second kappa shape index (κ2) is 5.88. The lowest BCUT2D eigenvalue weighted by Crippen LogP contribution is -2.28. The molecule has 4 rings (SSSR count). The van der Waals surface area contributed by atoms with E-state index < -0.39 is 0 Å². The highest BCUT2D eigenvalue weighted by Gasteiger charge is 2.31. The summed E-state index contributed by atoms with van der Waals surface area (Å²) in [6.45, 7) is 4.81. The fraction of sp³-hybridized carbons (Fsp3) is 0.316. The minimum Gasteiger partial charge on any atom is -0.322 e. The smallest absolute Gasteiger partial charge is 0.252 e. The quantitative estimate of drug-likeness (QED) is 0.772. The molecule has 128 valence electrons. The number of fused-ring (bicyclic) bond motifs is 2. The minimum atomic E-state index is -0.275. The number of hydrogen-bond donors (Lipinski definition) is 2. The van der Waals surface area contributed by atoms with Crippen LogP contribution in [0.4, 0.5) is 5.82 Å². The van der Waals surface area contributed by atoms with Crippen LogP contribution in [0.3, 0.4) is 0 Å². The van der Waals surface area contributed by atoms with Gasteiger partial charge >= 0.3 is 0 Å². The molecule has 1 aliphatic heterocycles. The van der Waals surface area contributed by atoms with Crippen LogP contribution < -0.4 is 10.9 Å². The topological polar surface area (TPSA) is 79.8 Å². The molecule has 0 spiro atoms. The van der Waals surface area contributed by atoms with Crippen molar-refractivity contribution in [3.8, 4) is 0 Å². The van der Waals surface area contributed by atoms with E-state index in [1.54, 1.807) is 10.9 Å². The Morgan fingerprint density at radius 3 is 2.88 bits per heavy atom. The molecule has 1 amide bonds. The van der Waals surface area contributed by atoms with Crippen LogP contribution in [-0.2, 0) is 11.3 Å². The van der Waals surface area contributed by atoms with Gasteiger partial charge in [-0.2, -0.15) is 5.10 Å². The number of H-pyrrole nitrogens is 1. The Bertz CT molecular complexity index is 1030. The van der Waals surface area contributed by atoms with Crippen molar-refractivity contribution in [1.82, 2.24) is 14.8 Å². The Morgan fingerprint density at radius 1 is 1.24 bits per heavy atom. The Labute approximate surface area is 144 Å². The molecule has 1 unspecified atom stereocenters. The molecule has 0 aliphatic carbocycles. The zero-order valence-corrected chi connectivity index (χ0v) is 14.3. The number of nitrogens with one attached hydrogen (secondary N) is 2. The van der Waals surface area contributed by atoms with Crippen LogP contribution in [-0.4, -0.2) is 20.7 Å². The van der Waals surface area contributed by atoms with Gasteiger partial charge in [0.15, 0.2) is 0 Å². The number of hydrogen-bond acceptors (Lipinski definition) is 3. The van der Waals surface area contributed by atoms with Crippen LogP contribution in [0.25, 0.3) is 10.9 Å². The van der Waals surface area contributed by atoms with E-state index in [1.807, 2.05) is 31.2 Å². The lowest BCUT2D eigenvalue weighted by molar-refractivity contribution is -0.116. The Kier molecular flexibility index (Phi) is 3.67. The third-order valence-electron chi connectivity index (χ3n) is 4.73. The number of carbonyl (C=O) groups excluding carboxylic acids is 1. The van der Waals surface area contributed by atoms with Crippen LogP contribution in [0, 0.1) is 6.92 Å². The maximum Gasteiger partial charge on any atom is 0.252 e. The second-order valence-electron chi connectivity index (χ2n) is 6.62. The van der Waals surface area contributed by atoms with Crippen molar-refractivity contribution < 1.29 is 4.79 Å². The number of carbonyl (C=O) groups is 1. The number of rotatable bonds is 3. The summed E-state index contributed by atoms with van der Waals surface area (Å²) in [7, 11) is 0. The monoisotopic (exact) mass is 336 g/mol. The van der Waals surface area contributed by atoms with E-state index in [9.17, 15) is 9.59 Å². The molecule has 1 aromatic carbocycles. The summed E-state index contributed by atoms with van der Waals surface area (Å²) in [5, 5.41) is 8.28. The number of amides is 1. The highest BCUT2D eigenvalue weighted by atomic mass is 16.2. The van der Waals surface area contributed by atoms with E-state index in [2.05, 4.69) is 22.3 Å². The van der Waals surface area contributed by atoms with Crippen molar-refractivity contribution in [1.29, 1.82) is 0 Å². The molecule has 0 radical (unpaired) electrons. The van der Waals surface area contributed by atoms with E-state index in [4.69, 9.17) is 0 Å². The first-order valence-corrected chi connectivity index (χ1v) is 8.56. The fourth-order valence-electron chi connectivity index (χ4n) is 3.53. The first-order valence-electron chi connectivity index (χ1n) is 8.56. The van der Waals surface area contributed by atoms with Gasteiger partial charge in [-0.1, -0.05) is 18.6 Å². The average molecular weight is 336 g/mol. The third-order valence-corrected chi connectivity index (χ3v) is 4.73. The van der Waals surface area contributed by atoms with Crippen molar-refractivity contribution in [2.45, 2.75) is 39.2 Å². The van der Waals surface area contributed by atoms with Gasteiger partial charge in [-0.25, -0.2) is 4.68 Å². The molecule has 25 heavy (non-hydrogen) atoms.